The average molecular weight is 120 g/mol. The second kappa shape index (κ2) is 2.52. The summed E-state index contributed by atoms with van der Waals surface area (Å²) >= 11 is 1.48. The Bertz CT molecular complexity index is 54.9. The van der Waals surface area contributed by atoms with Crippen molar-refractivity contribution in [3.63, 3.8) is 0 Å². The minimum Gasteiger partial charge on any atom is -0.364 e. The fraction of sp³-hybridized carbons (Fsp3) is 1.00. The summed E-state index contributed by atoms with van der Waals surface area (Å²) in [6, 6.07) is 0. The van der Waals surface area contributed by atoms with Gasteiger partial charge in [0.15, 0.2) is 0 Å². The Morgan fingerprint density at radius 3 is 3.00 bits per heavy atom. The molecular weight excluding hydrogens is 112 g/mol. The van der Waals surface area contributed by atoms with Crippen LogP contribution in [0.5, 0.6) is 0 Å². The van der Waals surface area contributed by atoms with Crippen LogP contribution in [0.4, 0.5) is 0 Å². The second-order valence-electron chi connectivity index (χ2n) is 1.29. The van der Waals surface area contributed by atoms with Crippen molar-refractivity contribution in [2.24, 2.45) is 0 Å². The highest BCUT2D eigenvalue weighted by atomic mass is 32.2. The van der Waals surface area contributed by atoms with Crippen molar-refractivity contribution in [2.45, 2.75) is 6.23 Å². The van der Waals surface area contributed by atoms with Gasteiger partial charge in [-0.1, -0.05) is 0 Å². The van der Waals surface area contributed by atoms with Crippen LogP contribution in [-0.2, 0) is 4.74 Å². The van der Waals surface area contributed by atoms with E-state index in [2.05, 4.69) is 9.44 Å². The molecule has 1 rings (SSSR count). The van der Waals surface area contributed by atoms with Gasteiger partial charge in [0.1, 0.15) is 6.23 Å². The van der Waals surface area contributed by atoms with Gasteiger partial charge >= 0.3 is 0 Å². The summed E-state index contributed by atoms with van der Waals surface area (Å²) in [5, 5.41) is 0. The fourth-order valence-electron chi connectivity index (χ4n) is 0.398. The van der Waals surface area contributed by atoms with Crippen molar-refractivity contribution >= 4 is 12.1 Å². The van der Waals surface area contributed by atoms with Gasteiger partial charge in [0.05, 0.1) is 0 Å². The molecule has 0 bridgehead atoms. The van der Waals surface area contributed by atoms with E-state index in [-0.39, 0.29) is 6.23 Å². The van der Waals surface area contributed by atoms with Crippen LogP contribution in [0.1, 0.15) is 0 Å². The molecule has 42 valence electrons. The number of rotatable bonds is 1. The standard InChI is InChI=1S/C3H8N2OS/c1-6-3-2-4-7-5-3/h3-5H,2H2,1H3. The first-order chi connectivity index (χ1) is 3.43. The van der Waals surface area contributed by atoms with Crippen molar-refractivity contribution in [1.82, 2.24) is 9.44 Å². The molecule has 0 aromatic rings. The SMILES string of the molecule is COC1CNSN1. The lowest BCUT2D eigenvalue weighted by Crippen LogP contribution is -2.22. The first-order valence-electron chi connectivity index (χ1n) is 2.10. The topological polar surface area (TPSA) is 33.3 Å². The Balaban J connectivity index is 2.14. The van der Waals surface area contributed by atoms with Gasteiger partial charge in [-0.3, -0.25) is 0 Å². The number of methoxy groups -OCH3 is 1. The molecule has 0 spiro atoms. The fourth-order valence-corrected chi connectivity index (χ4v) is 1.03. The van der Waals surface area contributed by atoms with Gasteiger partial charge < -0.3 is 4.74 Å². The van der Waals surface area contributed by atoms with Crippen LogP contribution in [0, 0.1) is 0 Å². The lowest BCUT2D eigenvalue weighted by atomic mass is 10.6. The third-order valence-electron chi connectivity index (χ3n) is 0.816. The van der Waals surface area contributed by atoms with Crippen molar-refractivity contribution < 1.29 is 4.74 Å². The van der Waals surface area contributed by atoms with Crippen LogP contribution in [-0.4, -0.2) is 19.9 Å². The van der Waals surface area contributed by atoms with E-state index in [4.69, 9.17) is 4.74 Å². The number of ether oxygens (including phenoxy) is 1. The van der Waals surface area contributed by atoms with Gasteiger partial charge in [0.2, 0.25) is 0 Å². The molecule has 0 radical (unpaired) electrons. The van der Waals surface area contributed by atoms with E-state index in [0.717, 1.165) is 6.54 Å². The molecule has 0 amide bonds. The monoisotopic (exact) mass is 120 g/mol. The first kappa shape index (κ1) is 5.37. The van der Waals surface area contributed by atoms with Gasteiger partial charge in [-0.2, -0.15) is 0 Å². The number of hydrogen-bond donors (Lipinski definition) is 2. The molecule has 7 heavy (non-hydrogen) atoms. The van der Waals surface area contributed by atoms with Crippen molar-refractivity contribution in [1.29, 1.82) is 0 Å². The maximum absolute atomic E-state index is 4.92. The van der Waals surface area contributed by atoms with Crippen LogP contribution in [0.25, 0.3) is 0 Å². The summed E-state index contributed by atoms with van der Waals surface area (Å²) in [7, 11) is 1.69. The molecular formula is C3H8N2OS. The largest absolute Gasteiger partial charge is 0.364 e. The van der Waals surface area contributed by atoms with Crippen molar-refractivity contribution in [3.8, 4) is 0 Å². The van der Waals surface area contributed by atoms with E-state index in [0.29, 0.717) is 0 Å². The third-order valence-corrected chi connectivity index (χ3v) is 1.51. The highest BCUT2D eigenvalue weighted by molar-refractivity contribution is 7.95. The molecule has 1 unspecified atom stereocenters. The van der Waals surface area contributed by atoms with Gasteiger partial charge in [0.25, 0.3) is 0 Å². The maximum atomic E-state index is 4.92. The van der Waals surface area contributed by atoms with Crippen LogP contribution in [0.2, 0.25) is 0 Å². The zero-order valence-electron chi connectivity index (χ0n) is 4.10. The zero-order chi connectivity index (χ0) is 5.11. The quantitative estimate of drug-likeness (QED) is 0.466. The molecule has 1 heterocycles. The normalized spacial score (nSPS) is 31.3. The lowest BCUT2D eigenvalue weighted by molar-refractivity contribution is 0.108. The first-order valence-corrected chi connectivity index (χ1v) is 2.92. The molecule has 0 aliphatic carbocycles. The Kier molecular flexibility index (Phi) is 1.93. The highest BCUT2D eigenvalue weighted by Gasteiger charge is 2.11. The van der Waals surface area contributed by atoms with E-state index in [1.165, 1.54) is 12.1 Å². The molecule has 1 atom stereocenters. The van der Waals surface area contributed by atoms with Gasteiger partial charge in [0, 0.05) is 25.8 Å². The zero-order valence-corrected chi connectivity index (χ0v) is 4.92. The summed E-state index contributed by atoms with van der Waals surface area (Å²) < 4.78 is 10.9. The van der Waals surface area contributed by atoms with Crippen LogP contribution in [0.15, 0.2) is 0 Å². The molecule has 1 saturated heterocycles. The van der Waals surface area contributed by atoms with E-state index < -0.39 is 0 Å². The van der Waals surface area contributed by atoms with E-state index in [9.17, 15) is 0 Å². The number of hydrogen-bond acceptors (Lipinski definition) is 4. The summed E-state index contributed by atoms with van der Waals surface area (Å²) in [5.41, 5.74) is 0. The molecule has 1 fully saturated rings. The molecule has 3 nitrogen and oxygen atoms in total. The molecule has 0 aromatic carbocycles. The van der Waals surface area contributed by atoms with Gasteiger partial charge in [-0.15, -0.1) is 0 Å². The highest BCUT2D eigenvalue weighted by Crippen LogP contribution is 1.99. The maximum Gasteiger partial charge on any atom is 0.131 e. The predicted molar refractivity (Wildman–Crippen MR) is 29.5 cm³/mol. The molecule has 0 saturated carbocycles. The van der Waals surface area contributed by atoms with Gasteiger partial charge in [-0.25, -0.2) is 9.44 Å². The van der Waals surface area contributed by atoms with E-state index in [1.54, 1.807) is 7.11 Å². The average Bonchev–Trinajstić information content (AvgIpc) is 2.14. The van der Waals surface area contributed by atoms with Crippen LogP contribution >= 0.6 is 12.1 Å². The summed E-state index contributed by atoms with van der Waals surface area (Å²) in [6.45, 7) is 0.890. The van der Waals surface area contributed by atoms with E-state index >= 15 is 0 Å². The minimum absolute atomic E-state index is 0.199. The van der Waals surface area contributed by atoms with E-state index in [1.807, 2.05) is 0 Å². The molecule has 2 N–H and O–H groups in total. The minimum atomic E-state index is 0.199. The van der Waals surface area contributed by atoms with Crippen LogP contribution in [0.3, 0.4) is 0 Å². The van der Waals surface area contributed by atoms with Gasteiger partial charge in [-0.05, 0) is 0 Å². The van der Waals surface area contributed by atoms with Crippen molar-refractivity contribution in [2.75, 3.05) is 13.7 Å². The Labute approximate surface area is 47.1 Å². The van der Waals surface area contributed by atoms with Crippen LogP contribution < -0.4 is 9.44 Å². The molecule has 1 aliphatic rings. The molecule has 4 heteroatoms. The Hall–Kier alpha value is 0.230. The lowest BCUT2D eigenvalue weighted by Gasteiger charge is -2.01. The summed E-state index contributed by atoms with van der Waals surface area (Å²) in [5.74, 6) is 0. The summed E-state index contributed by atoms with van der Waals surface area (Å²) in [4.78, 5) is 0. The number of nitrogens with one attached hydrogen (secondary N) is 2. The summed E-state index contributed by atoms with van der Waals surface area (Å²) in [6.07, 6.45) is 0.199. The second-order valence-corrected chi connectivity index (χ2v) is 2.02. The predicted octanol–water partition coefficient (Wildman–Crippen LogP) is -0.285. The smallest absolute Gasteiger partial charge is 0.131 e. The third kappa shape index (κ3) is 1.31. The molecule has 0 aromatic heterocycles. The Morgan fingerprint density at radius 2 is 2.71 bits per heavy atom. The Morgan fingerprint density at radius 1 is 1.86 bits per heavy atom. The molecule has 1 aliphatic heterocycles. The van der Waals surface area contributed by atoms with Crippen molar-refractivity contribution in [3.05, 3.63) is 0 Å².